The van der Waals surface area contributed by atoms with Crippen molar-refractivity contribution in [1.29, 1.82) is 0 Å². The van der Waals surface area contributed by atoms with Gasteiger partial charge in [-0.25, -0.2) is 4.79 Å². The number of H-pyrrole nitrogens is 1. The molecule has 1 aliphatic rings. The lowest BCUT2D eigenvalue weighted by Crippen LogP contribution is -2.44. The zero-order valence-corrected chi connectivity index (χ0v) is 18.3. The number of nitrogens with zero attached hydrogens (tertiary/aromatic N) is 1. The second-order valence-electron chi connectivity index (χ2n) is 8.51. The van der Waals surface area contributed by atoms with Crippen molar-refractivity contribution in [3.63, 3.8) is 0 Å². The van der Waals surface area contributed by atoms with Crippen LogP contribution in [0.3, 0.4) is 0 Å². The lowest BCUT2D eigenvalue weighted by atomic mass is 10.1. The second kappa shape index (κ2) is 9.50. The molecule has 1 saturated heterocycles. The predicted molar refractivity (Wildman–Crippen MR) is 116 cm³/mol. The first kappa shape index (κ1) is 23.0. The predicted octanol–water partition coefficient (Wildman–Crippen LogP) is 3.11. The number of aryl methyl sites for hydroxylation is 1. The summed E-state index contributed by atoms with van der Waals surface area (Å²) >= 11 is 0. The number of benzene rings is 1. The maximum atomic E-state index is 12.1. The van der Waals surface area contributed by atoms with Gasteiger partial charge in [-0.2, -0.15) is 0 Å². The molecule has 3 N–H and O–H groups in total. The van der Waals surface area contributed by atoms with E-state index in [4.69, 9.17) is 4.74 Å². The molecule has 0 spiro atoms. The van der Waals surface area contributed by atoms with E-state index in [-0.39, 0.29) is 30.9 Å². The first-order chi connectivity index (χ1) is 13.2. The molecule has 0 saturated carbocycles. The van der Waals surface area contributed by atoms with Crippen molar-refractivity contribution < 1.29 is 14.3 Å². The number of carbonyl (C=O) groups excluding carboxylic acids is 2. The summed E-state index contributed by atoms with van der Waals surface area (Å²) in [5, 5.41) is 6.74. The van der Waals surface area contributed by atoms with Crippen molar-refractivity contribution in [2.75, 3.05) is 19.6 Å². The highest BCUT2D eigenvalue weighted by molar-refractivity contribution is 5.85. The summed E-state index contributed by atoms with van der Waals surface area (Å²) in [6, 6.07) is 6.54. The van der Waals surface area contributed by atoms with E-state index in [0.717, 1.165) is 31.6 Å². The Hall–Kier alpha value is -2.25. The minimum atomic E-state index is -0.578. The second-order valence-corrected chi connectivity index (χ2v) is 8.51. The summed E-state index contributed by atoms with van der Waals surface area (Å²) in [5.74, 6) is -0.194. The van der Waals surface area contributed by atoms with Crippen LogP contribution in [0.15, 0.2) is 24.4 Å². The van der Waals surface area contributed by atoms with Gasteiger partial charge in [0.2, 0.25) is 5.91 Å². The summed E-state index contributed by atoms with van der Waals surface area (Å²) in [6.07, 6.45) is 2.39. The third kappa shape index (κ3) is 6.65. The summed E-state index contributed by atoms with van der Waals surface area (Å²) in [6.45, 7) is 9.96. The average molecular weight is 423 g/mol. The van der Waals surface area contributed by atoms with Crippen LogP contribution in [0.1, 0.15) is 38.3 Å². The molecule has 2 amide bonds. The highest BCUT2D eigenvalue weighted by Gasteiger charge is 2.25. The van der Waals surface area contributed by atoms with E-state index < -0.39 is 11.7 Å². The lowest BCUT2D eigenvalue weighted by molar-refractivity contribution is -0.120. The van der Waals surface area contributed by atoms with Gasteiger partial charge in [0.15, 0.2) is 0 Å². The molecule has 7 nitrogen and oxygen atoms in total. The Morgan fingerprint density at radius 2 is 2.07 bits per heavy atom. The number of fused-ring (bicyclic) bond motifs is 1. The Morgan fingerprint density at radius 1 is 1.31 bits per heavy atom. The van der Waals surface area contributed by atoms with Crippen LogP contribution in [0, 0.1) is 6.92 Å². The van der Waals surface area contributed by atoms with Crippen molar-refractivity contribution >= 4 is 35.3 Å². The number of hydrogen-bond donors (Lipinski definition) is 3. The van der Waals surface area contributed by atoms with Gasteiger partial charge in [0.25, 0.3) is 0 Å². The van der Waals surface area contributed by atoms with E-state index in [1.165, 1.54) is 16.5 Å². The van der Waals surface area contributed by atoms with Crippen LogP contribution in [0.5, 0.6) is 0 Å². The van der Waals surface area contributed by atoms with Crippen molar-refractivity contribution in [2.24, 2.45) is 0 Å². The van der Waals surface area contributed by atoms with Crippen LogP contribution in [0.25, 0.3) is 10.9 Å². The SMILES string of the molecule is Cc1ccc2c(CN3CC[C@@H](NC(=O)CNC(=O)OC(C)(C)C)C3)c[nH]c2c1.Cl. The fraction of sp³-hybridized carbons (Fsp3) is 0.524. The zero-order valence-electron chi connectivity index (χ0n) is 17.5. The van der Waals surface area contributed by atoms with Gasteiger partial charge < -0.3 is 20.4 Å². The van der Waals surface area contributed by atoms with E-state index in [2.05, 4.69) is 51.8 Å². The van der Waals surface area contributed by atoms with E-state index >= 15 is 0 Å². The molecule has 3 rings (SSSR count). The van der Waals surface area contributed by atoms with Crippen LogP contribution >= 0.6 is 12.4 Å². The van der Waals surface area contributed by atoms with Gasteiger partial charge in [-0.1, -0.05) is 12.1 Å². The third-order valence-corrected chi connectivity index (χ3v) is 4.75. The molecule has 8 heteroatoms. The van der Waals surface area contributed by atoms with Crippen molar-refractivity contribution in [3.8, 4) is 0 Å². The molecular weight excluding hydrogens is 392 g/mol. The summed E-state index contributed by atoms with van der Waals surface area (Å²) in [7, 11) is 0. The number of alkyl carbamates (subject to hydrolysis) is 1. The Balaban J connectivity index is 0.00000300. The van der Waals surface area contributed by atoms with Gasteiger partial charge in [0.05, 0.1) is 0 Å². The smallest absolute Gasteiger partial charge is 0.408 e. The minimum Gasteiger partial charge on any atom is -0.444 e. The van der Waals surface area contributed by atoms with E-state index in [1.807, 2.05) is 0 Å². The highest BCUT2D eigenvalue weighted by Crippen LogP contribution is 2.22. The van der Waals surface area contributed by atoms with Crippen LogP contribution in [0.4, 0.5) is 4.79 Å². The fourth-order valence-corrected chi connectivity index (χ4v) is 3.51. The summed E-state index contributed by atoms with van der Waals surface area (Å²) in [5.41, 5.74) is 3.10. The molecule has 1 atom stereocenters. The normalized spacial score (nSPS) is 17.0. The fourth-order valence-electron chi connectivity index (χ4n) is 3.51. The Kier molecular flexibility index (Phi) is 7.54. The van der Waals surface area contributed by atoms with E-state index in [1.54, 1.807) is 20.8 Å². The standard InChI is InChI=1S/C21H30N4O3.ClH/c1-14-5-6-17-15(10-22-18(17)9-14)12-25-8-7-16(13-25)24-19(26)11-23-20(27)28-21(2,3)4;/h5-6,9-10,16,22H,7-8,11-13H2,1-4H3,(H,23,27)(H,24,26);1H/t16-;/m1./s1. The molecule has 0 radical (unpaired) electrons. The summed E-state index contributed by atoms with van der Waals surface area (Å²) in [4.78, 5) is 29.4. The van der Waals surface area contributed by atoms with E-state index in [0.29, 0.717) is 0 Å². The first-order valence-corrected chi connectivity index (χ1v) is 9.75. The number of carbonyl (C=O) groups is 2. The van der Waals surface area contributed by atoms with Gasteiger partial charge in [-0.3, -0.25) is 9.69 Å². The quantitative estimate of drug-likeness (QED) is 0.691. The molecule has 1 aromatic carbocycles. The molecule has 0 bridgehead atoms. The molecule has 29 heavy (non-hydrogen) atoms. The number of aromatic amines is 1. The average Bonchev–Trinajstić information content (AvgIpc) is 3.19. The Bertz CT molecular complexity index is 859. The van der Waals surface area contributed by atoms with Crippen LogP contribution in [-0.4, -0.2) is 53.2 Å². The molecule has 2 heterocycles. The Morgan fingerprint density at radius 3 is 2.79 bits per heavy atom. The van der Waals surface area contributed by atoms with Gasteiger partial charge in [-0.05, 0) is 51.3 Å². The number of nitrogens with one attached hydrogen (secondary N) is 3. The number of amides is 2. The first-order valence-electron chi connectivity index (χ1n) is 9.75. The Labute approximate surface area is 178 Å². The molecule has 0 aliphatic carbocycles. The molecule has 2 aromatic rings. The highest BCUT2D eigenvalue weighted by atomic mass is 35.5. The van der Waals surface area contributed by atoms with Crippen molar-refractivity contribution in [2.45, 2.75) is 52.3 Å². The summed E-state index contributed by atoms with van der Waals surface area (Å²) < 4.78 is 5.14. The topological polar surface area (TPSA) is 86.5 Å². The minimum absolute atomic E-state index is 0. The number of likely N-dealkylation sites (tertiary alicyclic amines) is 1. The number of rotatable bonds is 5. The lowest BCUT2D eigenvalue weighted by Gasteiger charge is -2.20. The van der Waals surface area contributed by atoms with Crippen LogP contribution in [-0.2, 0) is 16.1 Å². The monoisotopic (exact) mass is 422 g/mol. The number of halogens is 1. The van der Waals surface area contributed by atoms with Gasteiger partial charge in [0.1, 0.15) is 12.1 Å². The van der Waals surface area contributed by atoms with Gasteiger partial charge >= 0.3 is 6.09 Å². The maximum Gasteiger partial charge on any atom is 0.408 e. The molecule has 1 aromatic heterocycles. The molecule has 160 valence electrons. The molecular formula is C21H31ClN4O3. The molecule has 1 fully saturated rings. The number of aromatic nitrogens is 1. The zero-order chi connectivity index (χ0) is 20.3. The number of ether oxygens (including phenoxy) is 1. The molecule has 0 unspecified atom stereocenters. The van der Waals surface area contributed by atoms with Crippen LogP contribution < -0.4 is 10.6 Å². The van der Waals surface area contributed by atoms with Gasteiger partial charge in [0, 0.05) is 42.8 Å². The number of hydrogen-bond acceptors (Lipinski definition) is 4. The van der Waals surface area contributed by atoms with Crippen LogP contribution in [0.2, 0.25) is 0 Å². The third-order valence-electron chi connectivity index (χ3n) is 4.75. The van der Waals surface area contributed by atoms with Crippen molar-refractivity contribution in [3.05, 3.63) is 35.5 Å². The maximum absolute atomic E-state index is 12.1. The van der Waals surface area contributed by atoms with Crippen molar-refractivity contribution in [1.82, 2.24) is 20.5 Å². The van der Waals surface area contributed by atoms with E-state index in [9.17, 15) is 9.59 Å². The largest absolute Gasteiger partial charge is 0.444 e. The molecule has 1 aliphatic heterocycles. The van der Waals surface area contributed by atoms with Gasteiger partial charge in [-0.15, -0.1) is 12.4 Å².